The molecule has 0 radical (unpaired) electrons. The van der Waals surface area contributed by atoms with Gasteiger partial charge in [0.25, 0.3) is 0 Å². The molecule has 28 heavy (non-hydrogen) atoms. The van der Waals surface area contributed by atoms with Crippen molar-refractivity contribution in [3.8, 4) is 11.6 Å². The molecule has 1 aromatic carbocycles. The number of carbonyl (C=O) groups excluding carboxylic acids is 1. The Kier molecular flexibility index (Phi) is 6.83. The second kappa shape index (κ2) is 8.57. The Hall–Kier alpha value is -1.99. The minimum absolute atomic E-state index is 0.106. The smallest absolute Gasteiger partial charge is 0.415 e. The van der Waals surface area contributed by atoms with E-state index < -0.39 is 17.2 Å². The number of halogens is 1. The summed E-state index contributed by atoms with van der Waals surface area (Å²) in [6.07, 6.45) is 3.09. The number of ether oxygens (including phenoxy) is 2. The van der Waals surface area contributed by atoms with E-state index in [1.165, 1.54) is 11.8 Å². The molecule has 0 unspecified atom stereocenters. The Labute approximate surface area is 175 Å². The lowest BCUT2D eigenvalue weighted by atomic mass is 10.1. The van der Waals surface area contributed by atoms with Crippen LogP contribution in [0.25, 0.3) is 0 Å². The van der Waals surface area contributed by atoms with Gasteiger partial charge >= 0.3 is 6.09 Å². The van der Waals surface area contributed by atoms with E-state index in [4.69, 9.17) is 21.1 Å². The van der Waals surface area contributed by atoms with Crippen molar-refractivity contribution >= 4 is 35.1 Å². The number of hydrogen-bond donors (Lipinski definition) is 0. The van der Waals surface area contributed by atoms with Crippen molar-refractivity contribution in [3.05, 3.63) is 35.7 Å². The van der Waals surface area contributed by atoms with Crippen LogP contribution in [-0.4, -0.2) is 33.5 Å². The zero-order valence-electron chi connectivity index (χ0n) is 17.2. The Morgan fingerprint density at radius 1 is 1.18 bits per heavy atom. The van der Waals surface area contributed by atoms with Crippen molar-refractivity contribution in [2.45, 2.75) is 57.6 Å². The minimum atomic E-state index is -0.598. The number of carbonyl (C=O) groups is 1. The van der Waals surface area contributed by atoms with Crippen LogP contribution in [-0.2, 0) is 4.74 Å². The third-order valence-corrected chi connectivity index (χ3v) is 4.35. The summed E-state index contributed by atoms with van der Waals surface area (Å²) in [5, 5.41) is 0.106. The lowest BCUT2D eigenvalue weighted by Gasteiger charge is -2.36. The molecule has 1 aromatic heterocycles. The van der Waals surface area contributed by atoms with Gasteiger partial charge in [0, 0.05) is 17.8 Å². The fraction of sp³-hybridized carbons (Fsp3) is 0.450. The van der Waals surface area contributed by atoms with Crippen LogP contribution in [0, 0.1) is 0 Å². The molecule has 1 heterocycles. The average molecular weight is 424 g/mol. The van der Waals surface area contributed by atoms with Crippen LogP contribution in [0.3, 0.4) is 0 Å². The maximum Gasteiger partial charge on any atom is 0.415 e. The van der Waals surface area contributed by atoms with Gasteiger partial charge in [-0.05, 0) is 71.5 Å². The summed E-state index contributed by atoms with van der Waals surface area (Å²) in [6.45, 7) is 11.4. The van der Waals surface area contributed by atoms with Crippen molar-refractivity contribution in [1.82, 2.24) is 9.97 Å². The van der Waals surface area contributed by atoms with Gasteiger partial charge in [0.15, 0.2) is 0 Å². The molecule has 0 spiro atoms. The monoisotopic (exact) mass is 423 g/mol. The summed E-state index contributed by atoms with van der Waals surface area (Å²) in [5.74, 6) is 0.893. The molecule has 0 aliphatic rings. The van der Waals surface area contributed by atoms with E-state index in [0.717, 1.165) is 4.90 Å². The molecule has 0 aliphatic carbocycles. The molecule has 0 N–H and O–H groups in total. The average Bonchev–Trinajstić information content (AvgIpc) is 2.52. The second-order valence-electron chi connectivity index (χ2n) is 8.10. The van der Waals surface area contributed by atoms with Gasteiger partial charge < -0.3 is 9.47 Å². The summed E-state index contributed by atoms with van der Waals surface area (Å²) in [4.78, 5) is 23.3. The fourth-order valence-electron chi connectivity index (χ4n) is 2.42. The van der Waals surface area contributed by atoms with Gasteiger partial charge in [-0.3, -0.25) is 4.90 Å². The van der Waals surface area contributed by atoms with Gasteiger partial charge in [-0.2, -0.15) is 4.98 Å². The second-order valence-corrected chi connectivity index (χ2v) is 9.28. The standard InChI is InChI=1S/C20H26ClN3O3S/c1-19(2,3)24(18(25)27-20(4,5)6)13-9-8-10-14(11-13)26-16-15(28-7)12-22-17(21)23-16/h8-12H,1-7H3. The highest BCUT2D eigenvalue weighted by atomic mass is 35.5. The van der Waals surface area contributed by atoms with Gasteiger partial charge in [0.05, 0.1) is 10.6 Å². The molecule has 152 valence electrons. The van der Waals surface area contributed by atoms with Crippen LogP contribution in [0.15, 0.2) is 35.4 Å². The van der Waals surface area contributed by atoms with Crippen LogP contribution >= 0.6 is 23.4 Å². The highest BCUT2D eigenvalue weighted by molar-refractivity contribution is 7.98. The summed E-state index contributed by atoms with van der Waals surface area (Å²) in [5.41, 5.74) is -0.436. The van der Waals surface area contributed by atoms with E-state index >= 15 is 0 Å². The molecular weight excluding hydrogens is 398 g/mol. The third-order valence-electron chi connectivity index (χ3n) is 3.45. The third kappa shape index (κ3) is 6.01. The molecule has 2 aromatic rings. The van der Waals surface area contributed by atoms with E-state index in [2.05, 4.69) is 9.97 Å². The number of amides is 1. The van der Waals surface area contributed by atoms with E-state index in [0.29, 0.717) is 17.3 Å². The first-order valence-corrected chi connectivity index (χ1v) is 10.4. The predicted molar refractivity (Wildman–Crippen MR) is 114 cm³/mol. The molecule has 0 aliphatic heterocycles. The van der Waals surface area contributed by atoms with Crippen molar-refractivity contribution < 1.29 is 14.3 Å². The molecule has 2 rings (SSSR count). The normalized spacial score (nSPS) is 11.9. The summed E-state index contributed by atoms with van der Waals surface area (Å²) in [7, 11) is 0. The topological polar surface area (TPSA) is 64.6 Å². The lowest BCUT2D eigenvalue weighted by Crippen LogP contribution is -2.48. The van der Waals surface area contributed by atoms with Crippen molar-refractivity contribution in [2.24, 2.45) is 0 Å². The Balaban J connectivity index is 2.39. The molecule has 0 bridgehead atoms. The first-order valence-electron chi connectivity index (χ1n) is 8.78. The maximum absolute atomic E-state index is 12.8. The van der Waals surface area contributed by atoms with Gasteiger partial charge in [-0.1, -0.05) is 6.07 Å². The number of nitrogens with zero attached hydrogens (tertiary/aromatic N) is 3. The SMILES string of the molecule is CSc1cnc(Cl)nc1Oc1cccc(N(C(=O)OC(C)(C)C)C(C)(C)C)c1. The van der Waals surface area contributed by atoms with Gasteiger partial charge in [-0.25, -0.2) is 9.78 Å². The number of hydrogen-bond acceptors (Lipinski definition) is 6. The van der Waals surface area contributed by atoms with Crippen molar-refractivity contribution in [3.63, 3.8) is 0 Å². The predicted octanol–water partition coefficient (Wildman–Crippen LogP) is 6.18. The number of rotatable bonds is 4. The molecule has 8 heteroatoms. The Morgan fingerprint density at radius 2 is 1.86 bits per heavy atom. The number of thioether (sulfide) groups is 1. The summed E-state index contributed by atoms with van der Waals surface area (Å²) < 4.78 is 11.5. The van der Waals surface area contributed by atoms with Gasteiger partial charge in [-0.15, -0.1) is 11.8 Å². The van der Waals surface area contributed by atoms with E-state index in [1.807, 2.05) is 59.9 Å². The Morgan fingerprint density at radius 3 is 2.43 bits per heavy atom. The fourth-order valence-corrected chi connectivity index (χ4v) is 2.97. The van der Waals surface area contributed by atoms with Gasteiger partial charge in [0.1, 0.15) is 11.4 Å². The number of aromatic nitrogens is 2. The molecular formula is C20H26ClN3O3S. The zero-order valence-corrected chi connectivity index (χ0v) is 18.8. The zero-order chi connectivity index (χ0) is 21.1. The highest BCUT2D eigenvalue weighted by Crippen LogP contribution is 2.33. The number of benzene rings is 1. The van der Waals surface area contributed by atoms with Crippen LogP contribution in [0.1, 0.15) is 41.5 Å². The van der Waals surface area contributed by atoms with E-state index in [9.17, 15) is 4.79 Å². The molecule has 0 saturated carbocycles. The summed E-state index contributed by atoms with van der Waals surface area (Å²) >= 11 is 7.36. The largest absolute Gasteiger partial charge is 0.443 e. The van der Waals surface area contributed by atoms with Crippen LogP contribution in [0.4, 0.5) is 10.5 Å². The molecule has 6 nitrogen and oxygen atoms in total. The Bertz CT molecular complexity index is 847. The molecule has 0 fully saturated rings. The minimum Gasteiger partial charge on any atom is -0.443 e. The first-order chi connectivity index (χ1) is 12.9. The quantitative estimate of drug-likeness (QED) is 0.431. The molecule has 0 atom stereocenters. The molecule has 1 amide bonds. The maximum atomic E-state index is 12.8. The highest BCUT2D eigenvalue weighted by Gasteiger charge is 2.32. The lowest BCUT2D eigenvalue weighted by molar-refractivity contribution is 0.0550. The first kappa shape index (κ1) is 22.3. The van der Waals surface area contributed by atoms with E-state index in [-0.39, 0.29) is 5.28 Å². The van der Waals surface area contributed by atoms with E-state index in [1.54, 1.807) is 23.2 Å². The van der Waals surface area contributed by atoms with Crippen molar-refractivity contribution in [2.75, 3.05) is 11.2 Å². The van der Waals surface area contributed by atoms with Crippen molar-refractivity contribution in [1.29, 1.82) is 0 Å². The van der Waals surface area contributed by atoms with Gasteiger partial charge in [0.2, 0.25) is 11.2 Å². The van der Waals surface area contributed by atoms with Crippen LogP contribution in [0.2, 0.25) is 5.28 Å². The summed E-state index contributed by atoms with van der Waals surface area (Å²) in [6, 6.07) is 7.22. The van der Waals surface area contributed by atoms with Crippen LogP contribution in [0.5, 0.6) is 11.6 Å². The van der Waals surface area contributed by atoms with Crippen LogP contribution < -0.4 is 9.64 Å². The molecule has 0 saturated heterocycles. The number of anilines is 1.